The summed E-state index contributed by atoms with van der Waals surface area (Å²) in [5.74, 6) is 0.828. The number of hydrogen-bond acceptors (Lipinski definition) is 5. The number of benzene rings is 2. The van der Waals surface area contributed by atoms with Crippen molar-refractivity contribution in [3.8, 4) is 17.0 Å². The van der Waals surface area contributed by atoms with Gasteiger partial charge in [-0.25, -0.2) is 0 Å². The summed E-state index contributed by atoms with van der Waals surface area (Å²) in [7, 11) is 1.64. The third-order valence-electron chi connectivity index (χ3n) is 5.81. The number of methoxy groups -OCH3 is 1. The van der Waals surface area contributed by atoms with Gasteiger partial charge in [-0.2, -0.15) is 0 Å². The van der Waals surface area contributed by atoms with Gasteiger partial charge in [0.25, 0.3) is 0 Å². The van der Waals surface area contributed by atoms with Gasteiger partial charge in [0.05, 0.1) is 38.1 Å². The third-order valence-corrected chi connectivity index (χ3v) is 5.81. The fourth-order valence-electron chi connectivity index (χ4n) is 4.17. The minimum Gasteiger partial charge on any atom is -0.497 e. The van der Waals surface area contributed by atoms with Crippen LogP contribution in [0.4, 0.5) is 0 Å². The van der Waals surface area contributed by atoms with Gasteiger partial charge >= 0.3 is 0 Å². The number of H-pyrrole nitrogens is 1. The smallest absolute Gasteiger partial charge is 0.227 e. The first-order valence-electron chi connectivity index (χ1n) is 10.6. The predicted octanol–water partition coefficient (Wildman–Crippen LogP) is 3.78. The predicted molar refractivity (Wildman–Crippen MR) is 121 cm³/mol. The number of aromatic nitrogens is 3. The number of carbonyl (C=O) groups excluding carboxylic acids is 1. The molecular formula is C25H24N4O3. The summed E-state index contributed by atoms with van der Waals surface area (Å²) in [5.41, 5.74) is 4.41. The highest BCUT2D eigenvalue weighted by molar-refractivity contribution is 5.89. The summed E-state index contributed by atoms with van der Waals surface area (Å²) in [6, 6.07) is 15.7. The maximum absolute atomic E-state index is 13.1. The van der Waals surface area contributed by atoms with Crippen LogP contribution in [0.2, 0.25) is 0 Å². The Morgan fingerprint density at radius 2 is 2.06 bits per heavy atom. The molecule has 7 heteroatoms. The van der Waals surface area contributed by atoms with Crippen molar-refractivity contribution < 1.29 is 14.3 Å². The van der Waals surface area contributed by atoms with E-state index >= 15 is 0 Å². The fraction of sp³-hybridized carbons (Fsp3) is 0.240. The lowest BCUT2D eigenvalue weighted by atomic mass is 10.0. The molecule has 1 aliphatic rings. The van der Waals surface area contributed by atoms with Crippen molar-refractivity contribution in [2.75, 3.05) is 26.8 Å². The molecule has 1 unspecified atom stereocenters. The van der Waals surface area contributed by atoms with Gasteiger partial charge in [-0.05, 0) is 23.8 Å². The molecule has 2 aromatic carbocycles. The maximum atomic E-state index is 13.1. The molecule has 0 spiro atoms. The van der Waals surface area contributed by atoms with Gasteiger partial charge in [0.1, 0.15) is 11.9 Å². The minimum atomic E-state index is -0.342. The van der Waals surface area contributed by atoms with Crippen molar-refractivity contribution in [1.82, 2.24) is 19.9 Å². The second kappa shape index (κ2) is 8.80. The largest absolute Gasteiger partial charge is 0.497 e. The van der Waals surface area contributed by atoms with E-state index in [9.17, 15) is 4.79 Å². The lowest BCUT2D eigenvalue weighted by molar-refractivity contribution is -0.138. The molecule has 1 aliphatic heterocycles. The quantitative estimate of drug-likeness (QED) is 0.523. The molecule has 0 saturated carbocycles. The topological polar surface area (TPSA) is 80.3 Å². The number of morpholine rings is 1. The number of aromatic amines is 1. The first kappa shape index (κ1) is 20.2. The SMILES string of the molecule is COc1cccc(-c2nccnc2C2CN(C(=O)Cc3c[nH]c4ccccc34)CCO2)c1. The molecule has 0 aliphatic carbocycles. The first-order chi connectivity index (χ1) is 15.7. The second-order valence-electron chi connectivity index (χ2n) is 7.76. The van der Waals surface area contributed by atoms with Crippen LogP contribution in [0.3, 0.4) is 0 Å². The van der Waals surface area contributed by atoms with Crippen LogP contribution in [-0.2, 0) is 16.0 Å². The highest BCUT2D eigenvalue weighted by Crippen LogP contribution is 2.31. The van der Waals surface area contributed by atoms with Gasteiger partial charge in [0.15, 0.2) is 0 Å². The zero-order valence-electron chi connectivity index (χ0n) is 17.8. The summed E-state index contributed by atoms with van der Waals surface area (Å²) >= 11 is 0. The third kappa shape index (κ3) is 3.94. The Morgan fingerprint density at radius 3 is 2.97 bits per heavy atom. The average molecular weight is 428 g/mol. The number of nitrogens with zero attached hydrogens (tertiary/aromatic N) is 3. The Bertz CT molecular complexity index is 1250. The van der Waals surface area contributed by atoms with Gasteiger partial charge in [-0.1, -0.05) is 30.3 Å². The van der Waals surface area contributed by atoms with E-state index in [1.54, 1.807) is 19.5 Å². The Labute approximate surface area is 186 Å². The lowest BCUT2D eigenvalue weighted by Crippen LogP contribution is -2.43. The molecule has 162 valence electrons. The van der Waals surface area contributed by atoms with Crippen LogP contribution in [-0.4, -0.2) is 52.6 Å². The van der Waals surface area contributed by atoms with Crippen molar-refractivity contribution >= 4 is 16.8 Å². The van der Waals surface area contributed by atoms with Crippen LogP contribution < -0.4 is 4.74 Å². The van der Waals surface area contributed by atoms with Crippen LogP contribution >= 0.6 is 0 Å². The molecule has 3 heterocycles. The molecule has 7 nitrogen and oxygen atoms in total. The highest BCUT2D eigenvalue weighted by atomic mass is 16.5. The van der Waals surface area contributed by atoms with E-state index in [2.05, 4.69) is 15.0 Å². The second-order valence-corrected chi connectivity index (χ2v) is 7.76. The fourth-order valence-corrected chi connectivity index (χ4v) is 4.17. The van der Waals surface area contributed by atoms with Crippen molar-refractivity contribution in [2.24, 2.45) is 0 Å². The van der Waals surface area contributed by atoms with E-state index in [1.165, 1.54) is 0 Å². The average Bonchev–Trinajstić information content (AvgIpc) is 3.27. The molecule has 2 aromatic heterocycles. The van der Waals surface area contributed by atoms with Crippen molar-refractivity contribution in [3.05, 3.63) is 78.4 Å². The van der Waals surface area contributed by atoms with Gasteiger partial charge in [0.2, 0.25) is 5.91 Å². The molecule has 1 saturated heterocycles. The lowest BCUT2D eigenvalue weighted by Gasteiger charge is -2.33. The summed E-state index contributed by atoms with van der Waals surface area (Å²) in [4.78, 5) is 27.4. The Hall–Kier alpha value is -3.71. The number of para-hydroxylation sites is 1. The van der Waals surface area contributed by atoms with E-state index < -0.39 is 0 Å². The standard InChI is InChI=1S/C25H24N4O3/c1-31-19-6-4-5-17(13-19)24-25(27-10-9-26-24)22-16-29(11-12-32-22)23(30)14-18-15-28-21-8-3-2-7-20(18)21/h2-10,13,15,22,28H,11-12,14,16H2,1H3. The number of fused-ring (bicyclic) bond motifs is 1. The maximum Gasteiger partial charge on any atom is 0.227 e. The van der Waals surface area contributed by atoms with E-state index in [0.717, 1.165) is 39.2 Å². The summed E-state index contributed by atoms with van der Waals surface area (Å²) in [6.45, 7) is 1.46. The Kier molecular flexibility index (Phi) is 5.56. The molecule has 0 bridgehead atoms. The van der Waals surface area contributed by atoms with E-state index in [1.807, 2.05) is 59.6 Å². The molecule has 32 heavy (non-hydrogen) atoms. The molecule has 4 aromatic rings. The molecule has 0 radical (unpaired) electrons. The molecular weight excluding hydrogens is 404 g/mol. The summed E-state index contributed by atoms with van der Waals surface area (Å²) < 4.78 is 11.4. The number of rotatable bonds is 5. The van der Waals surface area contributed by atoms with Crippen molar-refractivity contribution in [2.45, 2.75) is 12.5 Å². The molecule has 1 N–H and O–H groups in total. The van der Waals surface area contributed by atoms with Gasteiger partial charge < -0.3 is 19.4 Å². The molecule has 5 rings (SSSR count). The normalized spacial score (nSPS) is 16.3. The van der Waals surface area contributed by atoms with Gasteiger partial charge in [-0.15, -0.1) is 0 Å². The van der Waals surface area contributed by atoms with Crippen molar-refractivity contribution in [3.63, 3.8) is 0 Å². The van der Waals surface area contributed by atoms with Crippen LogP contribution in [0.5, 0.6) is 5.75 Å². The molecule has 1 atom stereocenters. The van der Waals surface area contributed by atoms with Crippen molar-refractivity contribution in [1.29, 1.82) is 0 Å². The molecule has 1 amide bonds. The number of nitrogens with one attached hydrogen (secondary N) is 1. The van der Waals surface area contributed by atoms with Crippen LogP contribution in [0, 0.1) is 0 Å². The Morgan fingerprint density at radius 1 is 1.19 bits per heavy atom. The first-order valence-corrected chi connectivity index (χ1v) is 10.6. The molecule has 1 fully saturated rings. The number of carbonyl (C=O) groups is 1. The van der Waals surface area contributed by atoms with E-state index in [4.69, 9.17) is 9.47 Å². The minimum absolute atomic E-state index is 0.0786. The monoisotopic (exact) mass is 428 g/mol. The summed E-state index contributed by atoms with van der Waals surface area (Å²) in [6.07, 6.45) is 5.26. The van der Waals surface area contributed by atoms with E-state index in [0.29, 0.717) is 26.1 Å². The number of amides is 1. The zero-order valence-corrected chi connectivity index (χ0v) is 17.8. The number of ether oxygens (including phenoxy) is 2. The summed E-state index contributed by atoms with van der Waals surface area (Å²) in [5, 5.41) is 1.08. The Balaban J connectivity index is 1.37. The van der Waals surface area contributed by atoms with Crippen LogP contribution in [0.25, 0.3) is 22.2 Å². The van der Waals surface area contributed by atoms with E-state index in [-0.39, 0.29) is 12.0 Å². The van der Waals surface area contributed by atoms with Gasteiger partial charge in [-0.3, -0.25) is 14.8 Å². The number of hydrogen-bond donors (Lipinski definition) is 1. The highest BCUT2D eigenvalue weighted by Gasteiger charge is 2.29. The van der Waals surface area contributed by atoms with Gasteiger partial charge in [0, 0.05) is 41.6 Å². The van der Waals surface area contributed by atoms with Crippen LogP contribution in [0.1, 0.15) is 17.4 Å². The van der Waals surface area contributed by atoms with Crippen LogP contribution in [0.15, 0.2) is 67.1 Å². The zero-order chi connectivity index (χ0) is 21.9.